The smallest absolute Gasteiger partial charge is 0.216 e. The van der Waals surface area contributed by atoms with Crippen molar-refractivity contribution in [3.05, 3.63) is 46.0 Å². The lowest BCUT2D eigenvalue weighted by Gasteiger charge is -2.17. The summed E-state index contributed by atoms with van der Waals surface area (Å²) in [4.78, 5) is 0. The van der Waals surface area contributed by atoms with Crippen molar-refractivity contribution in [2.75, 3.05) is 0 Å². The fraction of sp³-hybridized carbons (Fsp3) is 0.357. The summed E-state index contributed by atoms with van der Waals surface area (Å²) in [6, 6.07) is 8.47. The Kier molecular flexibility index (Phi) is 3.29. The molecule has 98 valence electrons. The molecule has 1 N–H and O–H groups in total. The summed E-state index contributed by atoms with van der Waals surface area (Å²) in [7, 11) is 0. The monoisotopic (exact) mass is 272 g/mol. The molecule has 5 heteroatoms. The molecule has 0 saturated heterocycles. The van der Waals surface area contributed by atoms with Crippen LogP contribution in [-0.4, -0.2) is 20.6 Å². The number of nitrogens with one attached hydrogen (secondary N) is 1. The van der Waals surface area contributed by atoms with Gasteiger partial charge < -0.3 is 0 Å². The largest absolute Gasteiger partial charge is 0.250 e. The second kappa shape index (κ2) is 5.09. The van der Waals surface area contributed by atoms with E-state index in [0.29, 0.717) is 4.77 Å². The van der Waals surface area contributed by atoms with Crippen LogP contribution in [0.4, 0.5) is 0 Å². The quantitative estimate of drug-likeness (QED) is 0.854. The lowest BCUT2D eigenvalue weighted by molar-refractivity contribution is 0.756. The lowest BCUT2D eigenvalue weighted by atomic mass is 9.90. The number of benzene rings is 1. The first-order valence-corrected chi connectivity index (χ1v) is 7.03. The predicted molar refractivity (Wildman–Crippen MR) is 78.1 cm³/mol. The minimum absolute atomic E-state index is 0.562. The standard InChI is InChI=1S/C14H16N4S/c1-2-13-15-16-14(19)18(13)17-12-9-5-7-10-6-3-4-8-11(10)12/h3-4,6,8H,2,5,7,9H2,1H3,(H,16,19)/b17-12+. The Labute approximate surface area is 117 Å². The highest BCUT2D eigenvalue weighted by Crippen LogP contribution is 2.21. The number of aryl methyl sites for hydroxylation is 2. The van der Waals surface area contributed by atoms with Crippen molar-refractivity contribution in [2.24, 2.45) is 5.10 Å². The average molecular weight is 272 g/mol. The molecule has 0 aliphatic heterocycles. The summed E-state index contributed by atoms with van der Waals surface area (Å²) >= 11 is 5.24. The van der Waals surface area contributed by atoms with E-state index in [2.05, 4.69) is 41.4 Å². The number of nitrogens with zero attached hydrogens (tertiary/aromatic N) is 3. The molecule has 0 spiro atoms. The molecule has 1 heterocycles. The van der Waals surface area contributed by atoms with Crippen LogP contribution < -0.4 is 0 Å². The Bertz CT molecular complexity index is 681. The van der Waals surface area contributed by atoms with E-state index < -0.39 is 0 Å². The highest BCUT2D eigenvalue weighted by molar-refractivity contribution is 7.71. The molecule has 1 aliphatic rings. The number of hydrogen-bond donors (Lipinski definition) is 1. The van der Waals surface area contributed by atoms with Crippen LogP contribution >= 0.6 is 12.2 Å². The summed E-state index contributed by atoms with van der Waals surface area (Å²) in [5.74, 6) is 0.876. The molecule has 0 saturated carbocycles. The summed E-state index contributed by atoms with van der Waals surface area (Å²) in [5.41, 5.74) is 3.73. The van der Waals surface area contributed by atoms with Gasteiger partial charge in [-0.3, -0.25) is 5.10 Å². The maximum absolute atomic E-state index is 5.24. The molecule has 3 rings (SSSR count). The van der Waals surface area contributed by atoms with E-state index in [9.17, 15) is 0 Å². The highest BCUT2D eigenvalue weighted by Gasteiger charge is 2.15. The van der Waals surface area contributed by atoms with Crippen molar-refractivity contribution >= 4 is 17.9 Å². The highest BCUT2D eigenvalue weighted by atomic mass is 32.1. The van der Waals surface area contributed by atoms with Gasteiger partial charge in [0.1, 0.15) is 0 Å². The van der Waals surface area contributed by atoms with E-state index in [-0.39, 0.29) is 0 Å². The number of hydrogen-bond acceptors (Lipinski definition) is 3. The summed E-state index contributed by atoms with van der Waals surface area (Å²) < 4.78 is 2.32. The van der Waals surface area contributed by atoms with Crippen LogP contribution in [0.3, 0.4) is 0 Å². The SMILES string of the molecule is CCc1n[nH]c(=S)n1/N=C1\CCCc2ccccc21. The lowest BCUT2D eigenvalue weighted by Crippen LogP contribution is -2.14. The Morgan fingerprint density at radius 2 is 2.21 bits per heavy atom. The molecule has 19 heavy (non-hydrogen) atoms. The fourth-order valence-electron chi connectivity index (χ4n) is 2.48. The number of H-pyrrole nitrogens is 1. The molecule has 0 unspecified atom stereocenters. The van der Waals surface area contributed by atoms with E-state index in [4.69, 9.17) is 17.3 Å². The third kappa shape index (κ3) is 2.26. The van der Waals surface area contributed by atoms with Gasteiger partial charge in [-0.25, -0.2) is 0 Å². The Balaban J connectivity index is 2.10. The van der Waals surface area contributed by atoms with Crippen LogP contribution in [0.2, 0.25) is 0 Å². The number of aromatic amines is 1. The van der Waals surface area contributed by atoms with Gasteiger partial charge in [-0.1, -0.05) is 31.2 Å². The first kappa shape index (κ1) is 12.3. The first-order valence-electron chi connectivity index (χ1n) is 6.62. The van der Waals surface area contributed by atoms with Gasteiger partial charge in [0, 0.05) is 12.0 Å². The number of rotatable bonds is 2. The van der Waals surface area contributed by atoms with Crippen molar-refractivity contribution in [3.63, 3.8) is 0 Å². The minimum atomic E-state index is 0.562. The van der Waals surface area contributed by atoms with Crippen LogP contribution in [0.1, 0.15) is 36.7 Å². The maximum Gasteiger partial charge on any atom is 0.216 e. The molecule has 0 bridgehead atoms. The minimum Gasteiger partial charge on any atom is -0.250 e. The topological polar surface area (TPSA) is 46.0 Å². The van der Waals surface area contributed by atoms with Gasteiger partial charge in [0.05, 0.1) is 5.71 Å². The van der Waals surface area contributed by atoms with Gasteiger partial charge in [0.25, 0.3) is 0 Å². The normalized spacial score (nSPS) is 16.6. The molecule has 0 fully saturated rings. The summed E-state index contributed by atoms with van der Waals surface area (Å²) in [5, 5.41) is 11.7. The summed E-state index contributed by atoms with van der Waals surface area (Å²) in [6.45, 7) is 2.05. The zero-order valence-corrected chi connectivity index (χ0v) is 11.7. The molecule has 2 aromatic rings. The zero-order valence-electron chi connectivity index (χ0n) is 10.9. The van der Waals surface area contributed by atoms with Gasteiger partial charge in [-0.15, -0.1) is 0 Å². The Morgan fingerprint density at radius 1 is 1.37 bits per heavy atom. The number of fused-ring (bicyclic) bond motifs is 1. The third-order valence-corrected chi connectivity index (χ3v) is 3.71. The molecular formula is C14H16N4S. The van der Waals surface area contributed by atoms with E-state index in [1.807, 2.05) is 0 Å². The second-order valence-corrected chi connectivity index (χ2v) is 5.05. The van der Waals surface area contributed by atoms with Crippen LogP contribution in [-0.2, 0) is 12.8 Å². The molecule has 1 aliphatic carbocycles. The maximum atomic E-state index is 5.24. The van der Waals surface area contributed by atoms with Crippen LogP contribution in [0, 0.1) is 4.77 Å². The molecule has 0 amide bonds. The van der Waals surface area contributed by atoms with Crippen LogP contribution in [0.5, 0.6) is 0 Å². The molecule has 1 aromatic carbocycles. The van der Waals surface area contributed by atoms with E-state index >= 15 is 0 Å². The Hall–Kier alpha value is -1.75. The first-order chi connectivity index (χ1) is 9.29. The average Bonchev–Trinajstić information content (AvgIpc) is 2.80. The van der Waals surface area contributed by atoms with Gasteiger partial charge >= 0.3 is 0 Å². The van der Waals surface area contributed by atoms with Crippen molar-refractivity contribution < 1.29 is 0 Å². The zero-order chi connectivity index (χ0) is 13.2. The van der Waals surface area contributed by atoms with Crippen molar-refractivity contribution in [2.45, 2.75) is 32.6 Å². The molecular weight excluding hydrogens is 256 g/mol. The second-order valence-electron chi connectivity index (χ2n) is 4.67. The molecule has 4 nitrogen and oxygen atoms in total. The fourth-order valence-corrected chi connectivity index (χ4v) is 2.67. The molecule has 0 radical (unpaired) electrons. The van der Waals surface area contributed by atoms with E-state index in [1.54, 1.807) is 4.68 Å². The summed E-state index contributed by atoms with van der Waals surface area (Å²) in [6.07, 6.45) is 4.08. The van der Waals surface area contributed by atoms with E-state index in [1.165, 1.54) is 11.1 Å². The van der Waals surface area contributed by atoms with Crippen molar-refractivity contribution in [3.8, 4) is 0 Å². The van der Waals surface area contributed by atoms with Gasteiger partial charge in [-0.2, -0.15) is 14.9 Å². The van der Waals surface area contributed by atoms with E-state index in [0.717, 1.165) is 37.2 Å². The van der Waals surface area contributed by atoms with Gasteiger partial charge in [0.2, 0.25) is 4.77 Å². The molecule has 1 aromatic heterocycles. The Morgan fingerprint density at radius 3 is 3.05 bits per heavy atom. The van der Waals surface area contributed by atoms with Crippen molar-refractivity contribution in [1.82, 2.24) is 14.9 Å². The van der Waals surface area contributed by atoms with Crippen LogP contribution in [0.15, 0.2) is 29.4 Å². The molecule has 0 atom stereocenters. The van der Waals surface area contributed by atoms with Crippen molar-refractivity contribution in [1.29, 1.82) is 0 Å². The van der Waals surface area contributed by atoms with Gasteiger partial charge in [-0.05, 0) is 37.0 Å². The number of aromatic nitrogens is 3. The van der Waals surface area contributed by atoms with Gasteiger partial charge in [0.15, 0.2) is 5.82 Å². The van der Waals surface area contributed by atoms with Crippen LogP contribution in [0.25, 0.3) is 0 Å². The predicted octanol–water partition coefficient (Wildman–Crippen LogP) is 3.09. The third-order valence-electron chi connectivity index (χ3n) is 3.44.